The van der Waals surface area contributed by atoms with Crippen molar-refractivity contribution in [1.29, 1.82) is 0 Å². The Hall–Kier alpha value is -3.42. The molecule has 0 aliphatic carbocycles. The van der Waals surface area contributed by atoms with E-state index in [0.717, 1.165) is 0 Å². The van der Waals surface area contributed by atoms with Gasteiger partial charge in [0.25, 0.3) is 11.6 Å². The van der Waals surface area contributed by atoms with Crippen molar-refractivity contribution in [1.82, 2.24) is 0 Å². The summed E-state index contributed by atoms with van der Waals surface area (Å²) in [5.74, 6) is -1.18. The van der Waals surface area contributed by atoms with Gasteiger partial charge in [-0.15, -0.1) is 0 Å². The van der Waals surface area contributed by atoms with E-state index >= 15 is 0 Å². The molecule has 0 fully saturated rings. The Morgan fingerprint density at radius 2 is 1.96 bits per heavy atom. The Bertz CT molecular complexity index is 836. The molecule has 1 unspecified atom stereocenters. The van der Waals surface area contributed by atoms with Gasteiger partial charge in [-0.05, 0) is 18.2 Å². The van der Waals surface area contributed by atoms with Crippen molar-refractivity contribution in [3.8, 4) is 5.75 Å². The zero-order valence-corrected chi connectivity index (χ0v) is 13.0. The number of hydrogen-bond acceptors (Lipinski definition) is 5. The molecule has 1 N–H and O–H groups in total. The summed E-state index contributed by atoms with van der Waals surface area (Å²) in [4.78, 5) is 35.6. The van der Waals surface area contributed by atoms with Crippen LogP contribution in [0, 0.1) is 10.1 Å². The Labute approximate surface area is 142 Å². The first-order valence-electron chi connectivity index (χ1n) is 7.49. The van der Waals surface area contributed by atoms with Gasteiger partial charge < -0.3 is 14.7 Å². The fourth-order valence-corrected chi connectivity index (χ4v) is 2.68. The van der Waals surface area contributed by atoms with Gasteiger partial charge >= 0.3 is 5.97 Å². The number of hydrogen-bond donors (Lipinski definition) is 1. The lowest BCUT2D eigenvalue weighted by Gasteiger charge is -2.34. The van der Waals surface area contributed by atoms with Crippen LogP contribution in [-0.4, -0.2) is 34.6 Å². The van der Waals surface area contributed by atoms with Gasteiger partial charge in [0.05, 0.1) is 23.6 Å². The summed E-state index contributed by atoms with van der Waals surface area (Å²) in [6, 6.07) is 12.3. The molecule has 8 heteroatoms. The van der Waals surface area contributed by atoms with Gasteiger partial charge in [0.15, 0.2) is 0 Å². The Morgan fingerprint density at radius 1 is 1.24 bits per heavy atom. The predicted molar refractivity (Wildman–Crippen MR) is 87.9 cm³/mol. The van der Waals surface area contributed by atoms with Crippen LogP contribution < -0.4 is 9.64 Å². The van der Waals surface area contributed by atoms with Crippen LogP contribution in [0.25, 0.3) is 0 Å². The fraction of sp³-hybridized carbons (Fsp3) is 0.176. The number of carboxylic acid groups (broad SMARTS) is 1. The van der Waals surface area contributed by atoms with E-state index in [1.807, 2.05) is 0 Å². The van der Waals surface area contributed by atoms with Gasteiger partial charge in [0.2, 0.25) is 0 Å². The van der Waals surface area contributed by atoms with E-state index in [-0.39, 0.29) is 36.0 Å². The molecule has 128 valence electrons. The van der Waals surface area contributed by atoms with Crippen LogP contribution in [0.5, 0.6) is 5.75 Å². The van der Waals surface area contributed by atoms with Crippen LogP contribution >= 0.6 is 0 Å². The summed E-state index contributed by atoms with van der Waals surface area (Å²) in [5, 5.41) is 20.0. The van der Waals surface area contributed by atoms with Crippen LogP contribution in [0.2, 0.25) is 0 Å². The standard InChI is InChI=1S/C17H14N2O6/c20-16(21)9-13-10-18(17(22)11-4-2-1-3-5-11)14-8-12(19(23)24)6-7-15(14)25-13/h1-8,13H,9-10H2,(H,20,21). The van der Waals surface area contributed by atoms with Crippen LogP contribution in [-0.2, 0) is 4.79 Å². The molecular weight excluding hydrogens is 328 g/mol. The van der Waals surface area contributed by atoms with Crippen molar-refractivity contribution in [3.05, 3.63) is 64.2 Å². The Balaban J connectivity index is 2.02. The van der Waals surface area contributed by atoms with Gasteiger partial charge in [-0.3, -0.25) is 19.7 Å². The van der Waals surface area contributed by atoms with Crippen molar-refractivity contribution in [3.63, 3.8) is 0 Å². The zero-order valence-electron chi connectivity index (χ0n) is 13.0. The largest absolute Gasteiger partial charge is 0.486 e. The number of rotatable bonds is 4. The molecule has 1 amide bonds. The van der Waals surface area contributed by atoms with Crippen molar-refractivity contribution in [2.75, 3.05) is 11.4 Å². The summed E-state index contributed by atoms with van der Waals surface area (Å²) in [6.07, 6.45) is -1.02. The highest BCUT2D eigenvalue weighted by molar-refractivity contribution is 6.07. The molecule has 3 rings (SSSR count). The molecule has 1 aliphatic heterocycles. The molecule has 0 spiro atoms. The third-order valence-corrected chi connectivity index (χ3v) is 3.79. The van der Waals surface area contributed by atoms with E-state index in [4.69, 9.17) is 9.84 Å². The highest BCUT2D eigenvalue weighted by atomic mass is 16.6. The number of aliphatic carboxylic acids is 1. The minimum absolute atomic E-state index is 0.00576. The molecule has 0 bridgehead atoms. The molecule has 0 saturated heterocycles. The first-order chi connectivity index (χ1) is 12.0. The second-order valence-electron chi connectivity index (χ2n) is 5.53. The minimum atomic E-state index is -1.05. The molecule has 1 heterocycles. The van der Waals surface area contributed by atoms with Crippen molar-refractivity contribution < 1.29 is 24.4 Å². The second kappa shape index (κ2) is 6.60. The van der Waals surface area contributed by atoms with Crippen LogP contribution in [0.15, 0.2) is 48.5 Å². The van der Waals surface area contributed by atoms with Crippen molar-refractivity contribution >= 4 is 23.3 Å². The zero-order chi connectivity index (χ0) is 18.0. The van der Waals surface area contributed by atoms with Gasteiger partial charge in [-0.1, -0.05) is 18.2 Å². The normalized spacial score (nSPS) is 15.8. The summed E-state index contributed by atoms with van der Waals surface area (Å²) >= 11 is 0. The Kier molecular flexibility index (Phi) is 4.34. The number of anilines is 1. The number of nitrogens with zero attached hydrogens (tertiary/aromatic N) is 2. The van der Waals surface area contributed by atoms with E-state index in [1.54, 1.807) is 30.3 Å². The molecule has 1 aliphatic rings. The SMILES string of the molecule is O=C(O)CC1CN(C(=O)c2ccccc2)c2cc([N+](=O)[O-])ccc2O1. The highest BCUT2D eigenvalue weighted by Gasteiger charge is 2.32. The quantitative estimate of drug-likeness (QED) is 0.675. The van der Waals surface area contributed by atoms with Crippen LogP contribution in [0.3, 0.4) is 0 Å². The summed E-state index contributed by atoms with van der Waals surface area (Å²) < 4.78 is 5.60. The number of carbonyl (C=O) groups excluding carboxylic acids is 1. The lowest BCUT2D eigenvalue weighted by molar-refractivity contribution is -0.384. The molecular formula is C17H14N2O6. The monoisotopic (exact) mass is 342 g/mol. The third-order valence-electron chi connectivity index (χ3n) is 3.79. The van der Waals surface area contributed by atoms with Gasteiger partial charge in [-0.2, -0.15) is 0 Å². The Morgan fingerprint density at radius 3 is 2.60 bits per heavy atom. The molecule has 1 atom stereocenters. The summed E-state index contributed by atoms with van der Waals surface area (Å²) in [7, 11) is 0. The summed E-state index contributed by atoms with van der Waals surface area (Å²) in [5.41, 5.74) is 0.477. The molecule has 0 radical (unpaired) electrons. The lowest BCUT2D eigenvalue weighted by atomic mass is 10.1. The number of carbonyl (C=O) groups is 2. The van der Waals surface area contributed by atoms with Crippen LogP contribution in [0.4, 0.5) is 11.4 Å². The van der Waals surface area contributed by atoms with E-state index in [2.05, 4.69) is 0 Å². The second-order valence-corrected chi connectivity index (χ2v) is 5.53. The maximum absolute atomic E-state index is 12.8. The number of amides is 1. The number of ether oxygens (including phenoxy) is 1. The highest BCUT2D eigenvalue weighted by Crippen LogP contribution is 2.37. The minimum Gasteiger partial charge on any atom is -0.486 e. The first kappa shape index (κ1) is 16.4. The number of nitro benzene ring substituents is 1. The first-order valence-corrected chi connectivity index (χ1v) is 7.49. The van der Waals surface area contributed by atoms with E-state index in [9.17, 15) is 19.7 Å². The number of fused-ring (bicyclic) bond motifs is 1. The number of non-ortho nitro benzene ring substituents is 1. The maximum atomic E-state index is 12.8. The van der Waals surface area contributed by atoms with E-state index < -0.39 is 17.0 Å². The molecule has 8 nitrogen and oxygen atoms in total. The molecule has 2 aromatic carbocycles. The van der Waals surface area contributed by atoms with E-state index in [1.165, 1.54) is 23.1 Å². The molecule has 2 aromatic rings. The topological polar surface area (TPSA) is 110 Å². The van der Waals surface area contributed by atoms with Gasteiger partial charge in [-0.25, -0.2) is 0 Å². The number of benzene rings is 2. The van der Waals surface area contributed by atoms with Gasteiger partial charge in [0, 0.05) is 17.7 Å². The molecule has 0 aromatic heterocycles. The van der Waals surface area contributed by atoms with E-state index in [0.29, 0.717) is 5.56 Å². The van der Waals surface area contributed by atoms with Crippen molar-refractivity contribution in [2.45, 2.75) is 12.5 Å². The third kappa shape index (κ3) is 3.42. The number of carboxylic acids is 1. The maximum Gasteiger partial charge on any atom is 0.307 e. The number of nitro groups is 1. The average Bonchev–Trinajstić information content (AvgIpc) is 2.60. The van der Waals surface area contributed by atoms with Gasteiger partial charge in [0.1, 0.15) is 11.9 Å². The summed E-state index contributed by atoms with van der Waals surface area (Å²) in [6.45, 7) is -0.00576. The van der Waals surface area contributed by atoms with Crippen LogP contribution in [0.1, 0.15) is 16.8 Å². The average molecular weight is 342 g/mol. The fourth-order valence-electron chi connectivity index (χ4n) is 2.68. The molecule has 0 saturated carbocycles. The predicted octanol–water partition coefficient (Wildman–Crippen LogP) is 2.48. The smallest absolute Gasteiger partial charge is 0.307 e. The lowest BCUT2D eigenvalue weighted by Crippen LogP contribution is -2.44. The molecule has 25 heavy (non-hydrogen) atoms. The van der Waals surface area contributed by atoms with Crippen molar-refractivity contribution in [2.24, 2.45) is 0 Å².